The van der Waals surface area contributed by atoms with Crippen molar-refractivity contribution in [3.8, 4) is 0 Å². The Kier molecular flexibility index (Phi) is 3.67. The van der Waals surface area contributed by atoms with E-state index in [9.17, 15) is 0 Å². The first kappa shape index (κ1) is 13.8. The number of pyridine rings is 1. The second-order valence-corrected chi connectivity index (χ2v) is 7.80. The molecule has 0 unspecified atom stereocenters. The van der Waals surface area contributed by atoms with E-state index in [1.807, 2.05) is 23.6 Å². The largest absolute Gasteiger partial charge is 0.364 e. The number of hydrogen-bond acceptors (Lipinski definition) is 4. The quantitative estimate of drug-likeness (QED) is 0.850. The van der Waals surface area contributed by atoms with Gasteiger partial charge in [-0.15, -0.1) is 11.3 Å². The molecule has 108 valence electrons. The topological polar surface area (TPSA) is 37.8 Å². The first-order chi connectivity index (χ1) is 9.53. The van der Waals surface area contributed by atoms with Crippen LogP contribution in [0.1, 0.15) is 63.8 Å². The summed E-state index contributed by atoms with van der Waals surface area (Å²) in [6.07, 6.45) is 8.56. The number of aromatic nitrogens is 2. The van der Waals surface area contributed by atoms with E-state index in [0.29, 0.717) is 5.92 Å². The van der Waals surface area contributed by atoms with Crippen LogP contribution in [0.4, 0.5) is 5.82 Å². The van der Waals surface area contributed by atoms with Gasteiger partial charge in [0.05, 0.1) is 15.2 Å². The van der Waals surface area contributed by atoms with Gasteiger partial charge in [0.1, 0.15) is 5.82 Å². The van der Waals surface area contributed by atoms with Gasteiger partial charge in [0, 0.05) is 17.7 Å². The summed E-state index contributed by atoms with van der Waals surface area (Å²) < 4.78 is 1.21. The lowest BCUT2D eigenvalue weighted by Crippen LogP contribution is -2.26. The van der Waals surface area contributed by atoms with Crippen LogP contribution in [-0.4, -0.2) is 15.5 Å². The molecule has 0 bridgehead atoms. The highest BCUT2D eigenvalue weighted by Crippen LogP contribution is 2.38. The van der Waals surface area contributed by atoms with Crippen LogP contribution >= 0.6 is 11.3 Å². The number of rotatable bonds is 2. The van der Waals surface area contributed by atoms with E-state index in [-0.39, 0.29) is 5.54 Å². The van der Waals surface area contributed by atoms with E-state index in [1.165, 1.54) is 41.8 Å². The molecular weight excluding hydrogens is 266 g/mol. The normalized spacial score (nSPS) is 17.6. The van der Waals surface area contributed by atoms with Gasteiger partial charge in [0.2, 0.25) is 0 Å². The van der Waals surface area contributed by atoms with Gasteiger partial charge in [-0.25, -0.2) is 9.97 Å². The number of anilines is 1. The summed E-state index contributed by atoms with van der Waals surface area (Å²) in [6.45, 7) is 6.49. The number of thiazole rings is 1. The Labute approximate surface area is 124 Å². The summed E-state index contributed by atoms with van der Waals surface area (Å²) in [5.41, 5.74) is 1.12. The predicted octanol–water partition coefficient (Wildman–Crippen LogP) is 4.95. The molecular formula is C16H23N3S. The molecule has 0 amide bonds. The minimum atomic E-state index is 0.0241. The Balaban J connectivity index is 1.95. The van der Waals surface area contributed by atoms with Crippen LogP contribution in [-0.2, 0) is 0 Å². The first-order valence-electron chi connectivity index (χ1n) is 7.56. The summed E-state index contributed by atoms with van der Waals surface area (Å²) in [6, 6.07) is 2.03. The molecule has 20 heavy (non-hydrogen) atoms. The van der Waals surface area contributed by atoms with E-state index < -0.39 is 0 Å². The van der Waals surface area contributed by atoms with E-state index in [2.05, 4.69) is 31.1 Å². The third-order valence-electron chi connectivity index (χ3n) is 3.77. The zero-order valence-corrected chi connectivity index (χ0v) is 13.4. The molecule has 2 aromatic rings. The summed E-state index contributed by atoms with van der Waals surface area (Å²) in [7, 11) is 0. The lowest BCUT2D eigenvalue weighted by Gasteiger charge is -2.21. The van der Waals surface area contributed by atoms with Crippen molar-refractivity contribution in [1.29, 1.82) is 0 Å². The number of nitrogens with zero attached hydrogens (tertiary/aromatic N) is 2. The average Bonchev–Trinajstić information content (AvgIpc) is 2.83. The lowest BCUT2D eigenvalue weighted by atomic mass is 9.90. The molecule has 4 heteroatoms. The molecule has 0 saturated heterocycles. The smallest absolute Gasteiger partial charge is 0.146 e. The molecule has 3 nitrogen and oxygen atoms in total. The van der Waals surface area contributed by atoms with Crippen molar-refractivity contribution in [2.75, 3.05) is 5.32 Å². The van der Waals surface area contributed by atoms with E-state index in [1.54, 1.807) is 0 Å². The van der Waals surface area contributed by atoms with Crippen LogP contribution in [0.15, 0.2) is 12.3 Å². The Bertz CT molecular complexity index is 591. The van der Waals surface area contributed by atoms with Crippen molar-refractivity contribution >= 4 is 27.4 Å². The van der Waals surface area contributed by atoms with Crippen LogP contribution < -0.4 is 5.32 Å². The van der Waals surface area contributed by atoms with E-state index in [0.717, 1.165) is 11.3 Å². The van der Waals surface area contributed by atoms with E-state index in [4.69, 9.17) is 4.98 Å². The third-order valence-corrected chi connectivity index (χ3v) is 5.01. The number of hydrogen-bond donors (Lipinski definition) is 1. The standard InChI is InChI=1S/C16H23N3S/c1-16(2,3)19-14-13-12(9-10-17-14)18-15(20-13)11-7-5-4-6-8-11/h9-11H,4-8H2,1-3H3,(H,17,19). The van der Waals surface area contributed by atoms with Crippen LogP contribution in [0.25, 0.3) is 10.2 Å². The molecule has 1 fully saturated rings. The molecule has 1 saturated carbocycles. The number of fused-ring (bicyclic) bond motifs is 1. The molecule has 0 atom stereocenters. The third kappa shape index (κ3) is 2.95. The molecule has 0 radical (unpaired) electrons. The molecule has 3 rings (SSSR count). The van der Waals surface area contributed by atoms with Crippen molar-refractivity contribution in [2.24, 2.45) is 0 Å². The maximum atomic E-state index is 4.87. The van der Waals surface area contributed by atoms with Crippen molar-refractivity contribution in [3.63, 3.8) is 0 Å². The van der Waals surface area contributed by atoms with Gasteiger partial charge in [0.25, 0.3) is 0 Å². The molecule has 0 aliphatic heterocycles. The lowest BCUT2D eigenvalue weighted by molar-refractivity contribution is 0.443. The summed E-state index contributed by atoms with van der Waals surface area (Å²) in [5, 5.41) is 4.81. The monoisotopic (exact) mass is 289 g/mol. The Morgan fingerprint density at radius 2 is 1.95 bits per heavy atom. The fraction of sp³-hybridized carbons (Fsp3) is 0.625. The second kappa shape index (κ2) is 5.32. The van der Waals surface area contributed by atoms with Gasteiger partial charge in [-0.3, -0.25) is 0 Å². The highest BCUT2D eigenvalue weighted by atomic mass is 32.1. The second-order valence-electron chi connectivity index (χ2n) is 6.77. The zero-order valence-electron chi connectivity index (χ0n) is 12.6. The summed E-state index contributed by atoms with van der Waals surface area (Å²) in [4.78, 5) is 9.38. The Hall–Kier alpha value is -1.16. The fourth-order valence-electron chi connectivity index (χ4n) is 2.84. The van der Waals surface area contributed by atoms with Crippen LogP contribution in [0.2, 0.25) is 0 Å². The summed E-state index contributed by atoms with van der Waals surface area (Å²) in [5.74, 6) is 1.65. The minimum absolute atomic E-state index is 0.0241. The molecule has 2 heterocycles. The molecule has 0 aromatic carbocycles. The van der Waals surface area contributed by atoms with Crippen molar-refractivity contribution in [3.05, 3.63) is 17.3 Å². The average molecular weight is 289 g/mol. The first-order valence-corrected chi connectivity index (χ1v) is 8.38. The molecule has 0 spiro atoms. The van der Waals surface area contributed by atoms with Gasteiger partial charge in [-0.05, 0) is 39.7 Å². The molecule has 1 N–H and O–H groups in total. The summed E-state index contributed by atoms with van der Waals surface area (Å²) >= 11 is 1.83. The van der Waals surface area contributed by atoms with Crippen LogP contribution in [0.5, 0.6) is 0 Å². The maximum Gasteiger partial charge on any atom is 0.146 e. The highest BCUT2D eigenvalue weighted by molar-refractivity contribution is 7.19. The SMILES string of the molecule is CC(C)(C)Nc1nccc2nc(C3CCCCC3)sc12. The van der Waals surface area contributed by atoms with Gasteiger partial charge < -0.3 is 5.32 Å². The van der Waals surface area contributed by atoms with E-state index >= 15 is 0 Å². The van der Waals surface area contributed by atoms with Crippen LogP contribution in [0, 0.1) is 0 Å². The number of nitrogens with one attached hydrogen (secondary N) is 1. The fourth-order valence-corrected chi connectivity index (χ4v) is 4.02. The predicted molar refractivity (Wildman–Crippen MR) is 86.6 cm³/mol. The van der Waals surface area contributed by atoms with Crippen LogP contribution in [0.3, 0.4) is 0 Å². The minimum Gasteiger partial charge on any atom is -0.364 e. The van der Waals surface area contributed by atoms with Gasteiger partial charge in [-0.2, -0.15) is 0 Å². The maximum absolute atomic E-state index is 4.87. The van der Waals surface area contributed by atoms with Gasteiger partial charge in [-0.1, -0.05) is 19.3 Å². The van der Waals surface area contributed by atoms with Gasteiger partial charge >= 0.3 is 0 Å². The van der Waals surface area contributed by atoms with Crippen molar-refractivity contribution in [2.45, 2.75) is 64.3 Å². The van der Waals surface area contributed by atoms with Crippen molar-refractivity contribution in [1.82, 2.24) is 9.97 Å². The Morgan fingerprint density at radius 3 is 2.65 bits per heavy atom. The molecule has 2 aromatic heterocycles. The molecule has 1 aliphatic rings. The zero-order chi connectivity index (χ0) is 14.2. The molecule has 1 aliphatic carbocycles. The highest BCUT2D eigenvalue weighted by Gasteiger charge is 2.21. The Morgan fingerprint density at radius 1 is 1.20 bits per heavy atom. The van der Waals surface area contributed by atoms with Gasteiger partial charge in [0.15, 0.2) is 0 Å². The van der Waals surface area contributed by atoms with Crippen molar-refractivity contribution < 1.29 is 0 Å².